The maximum absolute atomic E-state index is 12.1. The molecule has 1 aromatic carbocycles. The van der Waals surface area contributed by atoms with E-state index in [1.807, 2.05) is 17.0 Å². The van der Waals surface area contributed by atoms with Gasteiger partial charge in [-0.15, -0.1) is 0 Å². The SMILES string of the molecule is CCCN1C(=O)CCc2cc(C3=NNC(=O)C4CCC34)ccc21. The molecule has 2 heterocycles. The molecule has 0 saturated heterocycles. The standard InChI is InChI=1S/C18H21N3O2/c1-2-9-21-15-7-3-12(10-11(15)4-8-16(21)22)17-13-5-6-14(13)18(23)20-19-17/h3,7,10,13-14H,2,4-6,8-9H2,1H3,(H,20,23). The van der Waals surface area contributed by atoms with Gasteiger partial charge >= 0.3 is 0 Å². The Morgan fingerprint density at radius 3 is 2.78 bits per heavy atom. The number of benzene rings is 1. The summed E-state index contributed by atoms with van der Waals surface area (Å²) in [4.78, 5) is 25.8. The fourth-order valence-corrected chi connectivity index (χ4v) is 3.89. The molecule has 0 aromatic heterocycles. The van der Waals surface area contributed by atoms with Crippen molar-refractivity contribution in [1.29, 1.82) is 0 Å². The minimum Gasteiger partial charge on any atom is -0.312 e. The third kappa shape index (κ3) is 2.26. The molecular weight excluding hydrogens is 290 g/mol. The van der Waals surface area contributed by atoms with Gasteiger partial charge in [0.1, 0.15) is 0 Å². The maximum atomic E-state index is 12.1. The third-order valence-electron chi connectivity index (χ3n) is 5.27. The molecule has 4 rings (SSSR count). The Kier molecular flexibility index (Phi) is 3.43. The number of rotatable bonds is 3. The van der Waals surface area contributed by atoms with Crippen molar-refractivity contribution in [3.05, 3.63) is 29.3 Å². The van der Waals surface area contributed by atoms with Crippen LogP contribution in [0.3, 0.4) is 0 Å². The van der Waals surface area contributed by atoms with E-state index in [9.17, 15) is 9.59 Å². The van der Waals surface area contributed by atoms with E-state index in [1.54, 1.807) is 0 Å². The molecule has 2 aliphatic heterocycles. The number of nitrogens with one attached hydrogen (secondary N) is 1. The number of anilines is 1. The van der Waals surface area contributed by atoms with Gasteiger partial charge in [-0.05, 0) is 48.9 Å². The normalized spacial score (nSPS) is 26.0. The Morgan fingerprint density at radius 1 is 1.22 bits per heavy atom. The van der Waals surface area contributed by atoms with Crippen LogP contribution in [0.2, 0.25) is 0 Å². The smallest absolute Gasteiger partial charge is 0.243 e. The molecule has 3 aliphatic rings. The minimum atomic E-state index is 0.0580. The second-order valence-electron chi connectivity index (χ2n) is 6.65. The molecule has 1 N–H and O–H groups in total. The van der Waals surface area contributed by atoms with E-state index in [2.05, 4.69) is 23.5 Å². The lowest BCUT2D eigenvalue weighted by molar-refractivity contribution is -0.129. The summed E-state index contributed by atoms with van der Waals surface area (Å²) in [5, 5.41) is 4.32. The predicted molar refractivity (Wildman–Crippen MR) is 88.3 cm³/mol. The largest absolute Gasteiger partial charge is 0.312 e. The molecule has 5 heteroatoms. The molecule has 23 heavy (non-hydrogen) atoms. The number of hydrazone groups is 1. The maximum Gasteiger partial charge on any atom is 0.243 e. The lowest BCUT2D eigenvalue weighted by Gasteiger charge is -2.39. The quantitative estimate of drug-likeness (QED) is 0.930. The van der Waals surface area contributed by atoms with Gasteiger partial charge in [0.15, 0.2) is 0 Å². The second kappa shape index (κ2) is 5.48. The van der Waals surface area contributed by atoms with Gasteiger partial charge in [-0.3, -0.25) is 9.59 Å². The highest BCUT2D eigenvalue weighted by molar-refractivity contribution is 6.08. The first kappa shape index (κ1) is 14.4. The van der Waals surface area contributed by atoms with Crippen molar-refractivity contribution >= 4 is 23.2 Å². The van der Waals surface area contributed by atoms with Gasteiger partial charge in [0.2, 0.25) is 11.8 Å². The summed E-state index contributed by atoms with van der Waals surface area (Å²) in [5.74, 6) is 0.631. The highest BCUT2D eigenvalue weighted by atomic mass is 16.2. The molecule has 2 atom stereocenters. The van der Waals surface area contributed by atoms with Crippen LogP contribution in [0.15, 0.2) is 23.3 Å². The molecule has 0 bridgehead atoms. The molecular formula is C18H21N3O2. The van der Waals surface area contributed by atoms with Gasteiger partial charge in [0.25, 0.3) is 0 Å². The zero-order chi connectivity index (χ0) is 16.0. The van der Waals surface area contributed by atoms with E-state index < -0.39 is 0 Å². The molecule has 1 saturated carbocycles. The van der Waals surface area contributed by atoms with Crippen LogP contribution in [0.1, 0.15) is 43.7 Å². The lowest BCUT2D eigenvalue weighted by atomic mass is 9.68. The molecule has 0 radical (unpaired) electrons. The first-order valence-corrected chi connectivity index (χ1v) is 8.50. The van der Waals surface area contributed by atoms with Crippen LogP contribution < -0.4 is 10.3 Å². The Hall–Kier alpha value is -2.17. The van der Waals surface area contributed by atoms with Crippen LogP contribution in [-0.4, -0.2) is 24.1 Å². The highest BCUT2D eigenvalue weighted by Crippen LogP contribution is 2.40. The van der Waals surface area contributed by atoms with Crippen LogP contribution in [0.4, 0.5) is 5.69 Å². The average molecular weight is 311 g/mol. The summed E-state index contributed by atoms with van der Waals surface area (Å²) in [6, 6.07) is 6.26. The van der Waals surface area contributed by atoms with E-state index in [0.717, 1.165) is 49.2 Å². The monoisotopic (exact) mass is 311 g/mol. The number of fused-ring (bicyclic) bond motifs is 2. The second-order valence-corrected chi connectivity index (χ2v) is 6.65. The van der Waals surface area contributed by atoms with E-state index >= 15 is 0 Å². The summed E-state index contributed by atoms with van der Waals surface area (Å²) in [7, 11) is 0. The van der Waals surface area contributed by atoms with Crippen molar-refractivity contribution in [2.45, 2.75) is 39.0 Å². The summed E-state index contributed by atoms with van der Waals surface area (Å²) in [6.45, 7) is 2.86. The van der Waals surface area contributed by atoms with Crippen LogP contribution in [0, 0.1) is 11.8 Å². The van der Waals surface area contributed by atoms with E-state index in [1.165, 1.54) is 5.56 Å². The number of aryl methyl sites for hydroxylation is 1. The van der Waals surface area contributed by atoms with Gasteiger partial charge < -0.3 is 4.90 Å². The number of carbonyl (C=O) groups excluding carboxylic acids is 2. The van der Waals surface area contributed by atoms with Crippen molar-refractivity contribution in [1.82, 2.24) is 5.43 Å². The molecule has 120 valence electrons. The van der Waals surface area contributed by atoms with Gasteiger partial charge in [-0.1, -0.05) is 13.0 Å². The molecule has 5 nitrogen and oxygen atoms in total. The van der Waals surface area contributed by atoms with Crippen molar-refractivity contribution in [2.24, 2.45) is 16.9 Å². The summed E-state index contributed by atoms with van der Waals surface area (Å²) in [6.07, 6.45) is 4.31. The zero-order valence-electron chi connectivity index (χ0n) is 13.3. The molecule has 0 spiro atoms. The van der Waals surface area contributed by atoms with Crippen molar-refractivity contribution in [2.75, 3.05) is 11.4 Å². The fourth-order valence-electron chi connectivity index (χ4n) is 3.89. The Bertz CT molecular complexity index is 710. The Morgan fingerprint density at radius 2 is 2.04 bits per heavy atom. The number of hydrogen-bond acceptors (Lipinski definition) is 3. The van der Waals surface area contributed by atoms with E-state index in [-0.39, 0.29) is 23.7 Å². The predicted octanol–water partition coefficient (Wildman–Crippen LogP) is 2.24. The Balaban J connectivity index is 1.68. The van der Waals surface area contributed by atoms with Crippen LogP contribution >= 0.6 is 0 Å². The third-order valence-corrected chi connectivity index (χ3v) is 5.27. The van der Waals surface area contributed by atoms with Gasteiger partial charge in [0.05, 0.1) is 5.71 Å². The average Bonchev–Trinajstić information content (AvgIpc) is 2.51. The summed E-state index contributed by atoms with van der Waals surface area (Å²) < 4.78 is 0. The van der Waals surface area contributed by atoms with Crippen molar-refractivity contribution in [3.63, 3.8) is 0 Å². The van der Waals surface area contributed by atoms with E-state index in [4.69, 9.17) is 0 Å². The van der Waals surface area contributed by atoms with Gasteiger partial charge in [-0.25, -0.2) is 5.43 Å². The number of hydrogen-bond donors (Lipinski definition) is 1. The zero-order valence-corrected chi connectivity index (χ0v) is 13.3. The lowest BCUT2D eigenvalue weighted by Crippen LogP contribution is -2.48. The molecule has 1 aromatic rings. The van der Waals surface area contributed by atoms with Crippen molar-refractivity contribution in [3.8, 4) is 0 Å². The number of amides is 2. The first-order valence-electron chi connectivity index (χ1n) is 8.50. The van der Waals surface area contributed by atoms with Crippen molar-refractivity contribution < 1.29 is 9.59 Å². The summed E-state index contributed by atoms with van der Waals surface area (Å²) >= 11 is 0. The topological polar surface area (TPSA) is 61.8 Å². The van der Waals surface area contributed by atoms with Crippen LogP contribution in [0.5, 0.6) is 0 Å². The molecule has 1 fully saturated rings. The first-order chi connectivity index (χ1) is 11.2. The molecule has 1 aliphatic carbocycles. The summed E-state index contributed by atoms with van der Waals surface area (Å²) in [5.41, 5.74) is 7.01. The fraction of sp³-hybridized carbons (Fsp3) is 0.500. The molecule has 2 unspecified atom stereocenters. The number of carbonyl (C=O) groups is 2. The Labute approximate surface area is 135 Å². The molecule has 2 amide bonds. The van der Waals surface area contributed by atoms with Gasteiger partial charge in [-0.2, -0.15) is 5.10 Å². The van der Waals surface area contributed by atoms with E-state index in [0.29, 0.717) is 6.42 Å². The van der Waals surface area contributed by atoms with Gasteiger partial charge in [0, 0.05) is 30.5 Å². The highest BCUT2D eigenvalue weighted by Gasteiger charge is 2.43. The van der Waals surface area contributed by atoms with Crippen LogP contribution in [0.25, 0.3) is 0 Å². The number of nitrogens with zero attached hydrogens (tertiary/aromatic N) is 2. The van der Waals surface area contributed by atoms with Crippen LogP contribution in [-0.2, 0) is 16.0 Å². The minimum absolute atomic E-state index is 0.0580.